The highest BCUT2D eigenvalue weighted by Gasteiger charge is 2.31. The molecule has 0 aliphatic rings. The molecule has 1 unspecified atom stereocenters. The van der Waals surface area contributed by atoms with Crippen LogP contribution in [0.3, 0.4) is 0 Å². The summed E-state index contributed by atoms with van der Waals surface area (Å²) in [6.45, 7) is 8.28. The van der Waals surface area contributed by atoms with Crippen LogP contribution in [0.2, 0.25) is 0 Å². The van der Waals surface area contributed by atoms with E-state index in [1.807, 2.05) is 26.8 Å². The highest BCUT2D eigenvalue weighted by molar-refractivity contribution is 7.19. The van der Waals surface area contributed by atoms with Gasteiger partial charge in [-0.15, -0.1) is 11.3 Å². The number of thiophene rings is 1. The average molecular weight is 509 g/mol. The van der Waals surface area contributed by atoms with Crippen molar-refractivity contribution in [2.75, 3.05) is 6.61 Å². The van der Waals surface area contributed by atoms with Gasteiger partial charge in [-0.2, -0.15) is 13.2 Å². The minimum Gasteiger partial charge on any atom is -0.494 e. The maximum Gasteiger partial charge on any atom is 0.416 e. The molecule has 3 aromatic rings. The Bertz CT molecular complexity index is 1150. The molecule has 8 heteroatoms. The zero-order valence-electron chi connectivity index (χ0n) is 20.5. The van der Waals surface area contributed by atoms with E-state index in [9.17, 15) is 18.0 Å². The molecule has 0 spiro atoms. The van der Waals surface area contributed by atoms with Gasteiger partial charge >= 0.3 is 12.1 Å². The van der Waals surface area contributed by atoms with Gasteiger partial charge in [0, 0.05) is 21.6 Å². The minimum absolute atomic E-state index is 0.202. The Kier molecular flexibility index (Phi) is 9.05. The number of alkyl halides is 3. The van der Waals surface area contributed by atoms with Crippen LogP contribution in [0.25, 0.3) is 10.1 Å². The molecule has 35 heavy (non-hydrogen) atoms. The van der Waals surface area contributed by atoms with E-state index in [1.54, 1.807) is 18.2 Å². The lowest BCUT2D eigenvalue weighted by Crippen LogP contribution is -2.08. The molecule has 190 valence electrons. The van der Waals surface area contributed by atoms with Crippen molar-refractivity contribution < 1.29 is 32.5 Å². The van der Waals surface area contributed by atoms with Crippen LogP contribution >= 0.6 is 11.3 Å². The molecule has 0 N–H and O–H groups in total. The van der Waals surface area contributed by atoms with Gasteiger partial charge in [-0.1, -0.05) is 26.3 Å². The van der Waals surface area contributed by atoms with E-state index >= 15 is 0 Å². The van der Waals surface area contributed by atoms with Crippen LogP contribution in [0, 0.1) is 13.8 Å². The third kappa shape index (κ3) is 6.90. The van der Waals surface area contributed by atoms with Crippen molar-refractivity contribution in [2.45, 2.75) is 71.9 Å². The first-order valence-electron chi connectivity index (χ1n) is 11.8. The molecule has 0 saturated carbocycles. The number of ether oxygens (including phenoxy) is 1. The van der Waals surface area contributed by atoms with E-state index < -0.39 is 17.7 Å². The van der Waals surface area contributed by atoms with E-state index in [-0.39, 0.29) is 5.92 Å². The lowest BCUT2D eigenvalue weighted by atomic mass is 9.95. The fourth-order valence-corrected chi connectivity index (χ4v) is 5.45. The maximum absolute atomic E-state index is 13.2. The van der Waals surface area contributed by atoms with Gasteiger partial charge in [-0.05, 0) is 80.3 Å². The number of halogens is 3. The van der Waals surface area contributed by atoms with E-state index in [4.69, 9.17) is 14.5 Å². The maximum atomic E-state index is 13.2. The molecule has 0 fully saturated rings. The van der Waals surface area contributed by atoms with E-state index in [0.29, 0.717) is 35.6 Å². The second-order valence-electron chi connectivity index (χ2n) is 8.64. The van der Waals surface area contributed by atoms with Gasteiger partial charge in [0.2, 0.25) is 0 Å². The fourth-order valence-electron chi connectivity index (χ4n) is 4.03. The first-order valence-corrected chi connectivity index (χ1v) is 12.7. The Morgan fingerprint density at radius 2 is 1.80 bits per heavy atom. The lowest BCUT2D eigenvalue weighted by molar-refractivity contribution is -0.214. The Balaban J connectivity index is 1.66. The normalized spacial score (nSPS) is 12.5. The summed E-state index contributed by atoms with van der Waals surface area (Å²) in [7, 11) is 0. The van der Waals surface area contributed by atoms with E-state index in [2.05, 4.69) is 6.92 Å². The Labute approximate surface area is 207 Å². The van der Waals surface area contributed by atoms with Crippen molar-refractivity contribution in [3.05, 3.63) is 58.0 Å². The van der Waals surface area contributed by atoms with Gasteiger partial charge in [-0.25, -0.2) is 4.79 Å². The number of carbonyl (C=O) groups excluding carboxylic acids is 1. The fraction of sp³-hybridized carbons (Fsp3) is 0.444. The first kappa shape index (κ1) is 26.9. The molecule has 0 amide bonds. The largest absolute Gasteiger partial charge is 0.494 e. The number of hydrogen-bond donors (Lipinski definition) is 0. The van der Waals surface area contributed by atoms with Crippen LogP contribution in [0.15, 0.2) is 36.4 Å². The summed E-state index contributed by atoms with van der Waals surface area (Å²) >= 11 is 1.45. The highest BCUT2D eigenvalue weighted by Crippen LogP contribution is 2.41. The molecule has 0 radical (unpaired) electrons. The van der Waals surface area contributed by atoms with Gasteiger partial charge in [-0.3, -0.25) is 9.78 Å². The van der Waals surface area contributed by atoms with Crippen LogP contribution in [-0.4, -0.2) is 12.6 Å². The quantitative estimate of drug-likeness (QED) is 0.192. The Morgan fingerprint density at radius 1 is 1.03 bits per heavy atom. The summed E-state index contributed by atoms with van der Waals surface area (Å²) in [4.78, 5) is 22.5. The van der Waals surface area contributed by atoms with E-state index in [0.717, 1.165) is 46.7 Å². The molecule has 0 bridgehead atoms. The molecular formula is C27H31F3O4S. The van der Waals surface area contributed by atoms with Crippen LogP contribution in [0.1, 0.15) is 73.4 Å². The van der Waals surface area contributed by atoms with Gasteiger partial charge < -0.3 is 4.74 Å². The molecular weight excluding hydrogens is 477 g/mol. The number of aryl methyl sites for hydroxylation is 2. The van der Waals surface area contributed by atoms with Crippen LogP contribution in [0.5, 0.6) is 11.5 Å². The lowest BCUT2D eigenvalue weighted by Gasteiger charge is -2.17. The summed E-state index contributed by atoms with van der Waals surface area (Å²) in [5.41, 5.74) is 1.21. The molecule has 4 nitrogen and oxygen atoms in total. The van der Waals surface area contributed by atoms with Gasteiger partial charge in [0.15, 0.2) is 5.75 Å². The minimum atomic E-state index is -4.35. The Hall–Kier alpha value is -2.74. The van der Waals surface area contributed by atoms with E-state index in [1.165, 1.54) is 17.4 Å². The second kappa shape index (κ2) is 11.8. The number of hydrogen-bond acceptors (Lipinski definition) is 5. The van der Waals surface area contributed by atoms with Crippen molar-refractivity contribution in [1.29, 1.82) is 0 Å². The third-order valence-electron chi connectivity index (χ3n) is 5.87. The summed E-state index contributed by atoms with van der Waals surface area (Å²) in [5.74, 6) is 0.909. The predicted octanol–water partition coefficient (Wildman–Crippen LogP) is 8.53. The molecule has 0 aliphatic heterocycles. The van der Waals surface area contributed by atoms with Crippen LogP contribution < -0.4 is 9.62 Å². The molecule has 0 saturated heterocycles. The summed E-state index contributed by atoms with van der Waals surface area (Å²) < 4.78 is 46.1. The van der Waals surface area contributed by atoms with Crippen molar-refractivity contribution in [3.8, 4) is 11.5 Å². The number of benzene rings is 2. The standard InChI is InChI=1S/C27H31F3O4S/c1-5-7-19(26-18(4)22-11-9-20(27(28,29)30)16-24(22)35-26)13-14-32-21-10-12-23(17(3)15-21)33-34-25(31)8-6-2/h9-12,15-16,19H,5-8,13-14H2,1-4H3. The van der Waals surface area contributed by atoms with Gasteiger partial charge in [0.1, 0.15) is 5.75 Å². The monoisotopic (exact) mass is 508 g/mol. The van der Waals surface area contributed by atoms with Gasteiger partial charge in [0.25, 0.3) is 0 Å². The summed E-state index contributed by atoms with van der Waals surface area (Å²) in [6, 6.07) is 9.27. The zero-order valence-corrected chi connectivity index (χ0v) is 21.3. The molecule has 1 aromatic heterocycles. The second-order valence-corrected chi connectivity index (χ2v) is 9.72. The van der Waals surface area contributed by atoms with Gasteiger partial charge in [0.05, 0.1) is 12.2 Å². The molecule has 2 aromatic carbocycles. The average Bonchev–Trinajstić information content (AvgIpc) is 3.13. The SMILES string of the molecule is CCCC(=O)OOc1ccc(OCCC(CCC)c2sc3cc(C(F)(F)F)ccc3c2C)cc1C. The number of carbonyl (C=O) groups is 1. The first-order chi connectivity index (χ1) is 16.6. The molecule has 0 aliphatic carbocycles. The highest BCUT2D eigenvalue weighted by atomic mass is 32.1. The van der Waals surface area contributed by atoms with Crippen LogP contribution in [0.4, 0.5) is 13.2 Å². The topological polar surface area (TPSA) is 44.8 Å². The summed E-state index contributed by atoms with van der Waals surface area (Å²) in [5, 5.41) is 0.880. The zero-order chi connectivity index (χ0) is 25.6. The smallest absolute Gasteiger partial charge is 0.416 e. The Morgan fingerprint density at radius 3 is 2.46 bits per heavy atom. The number of fused-ring (bicyclic) bond motifs is 1. The number of rotatable bonds is 11. The van der Waals surface area contributed by atoms with Crippen LogP contribution in [-0.2, 0) is 15.9 Å². The third-order valence-corrected chi connectivity index (χ3v) is 7.29. The predicted molar refractivity (Wildman–Crippen MR) is 132 cm³/mol. The molecule has 1 heterocycles. The summed E-state index contributed by atoms with van der Waals surface area (Å²) in [6.07, 6.45) is -0.727. The molecule has 3 rings (SSSR count). The van der Waals surface area contributed by atoms with Crippen molar-refractivity contribution in [3.63, 3.8) is 0 Å². The molecule has 1 atom stereocenters. The van der Waals surface area contributed by atoms with Crippen molar-refractivity contribution in [2.24, 2.45) is 0 Å². The van der Waals surface area contributed by atoms with Crippen molar-refractivity contribution in [1.82, 2.24) is 0 Å². The van der Waals surface area contributed by atoms with Crippen molar-refractivity contribution >= 4 is 27.4 Å².